The van der Waals surface area contributed by atoms with Gasteiger partial charge in [0.15, 0.2) is 11.6 Å². The van der Waals surface area contributed by atoms with E-state index in [0.29, 0.717) is 5.82 Å². The maximum Gasteiger partial charge on any atom is 0.224 e. The molecular formula is C11H16ClFN4. The second-order valence-electron chi connectivity index (χ2n) is 4.47. The summed E-state index contributed by atoms with van der Waals surface area (Å²) in [6.45, 7) is 4.76. The normalized spacial score (nSPS) is 22.6. The highest BCUT2D eigenvalue weighted by atomic mass is 35.5. The molecule has 0 aliphatic carbocycles. The van der Waals surface area contributed by atoms with E-state index in [1.807, 2.05) is 4.90 Å². The summed E-state index contributed by atoms with van der Waals surface area (Å²) in [7, 11) is 2.07. The fourth-order valence-corrected chi connectivity index (χ4v) is 2.35. The van der Waals surface area contributed by atoms with Crippen molar-refractivity contribution >= 4 is 17.4 Å². The Bertz CT molecular complexity index is 401. The molecule has 0 aromatic carbocycles. The Hall–Kier alpha value is -0.940. The summed E-state index contributed by atoms with van der Waals surface area (Å²) >= 11 is 5.73. The maximum absolute atomic E-state index is 13.7. The number of hydrogen-bond donors (Lipinski definition) is 0. The highest BCUT2D eigenvalue weighted by Crippen LogP contribution is 2.21. The molecule has 1 saturated heterocycles. The Labute approximate surface area is 105 Å². The third kappa shape index (κ3) is 2.84. The van der Waals surface area contributed by atoms with Crippen LogP contribution in [0.5, 0.6) is 0 Å². The van der Waals surface area contributed by atoms with Crippen LogP contribution in [0.15, 0.2) is 6.20 Å². The second kappa shape index (κ2) is 5.14. The van der Waals surface area contributed by atoms with Crippen LogP contribution in [0, 0.1) is 5.82 Å². The lowest BCUT2D eigenvalue weighted by Gasteiger charge is -2.29. The van der Waals surface area contributed by atoms with Crippen LogP contribution >= 0.6 is 11.6 Å². The zero-order chi connectivity index (χ0) is 12.4. The molecule has 94 valence electrons. The molecule has 1 atom stereocenters. The first kappa shape index (κ1) is 12.5. The minimum atomic E-state index is -0.411. The highest BCUT2D eigenvalue weighted by Gasteiger charge is 2.23. The van der Waals surface area contributed by atoms with Crippen LogP contribution in [0.4, 0.5) is 10.2 Å². The molecule has 0 amide bonds. The molecule has 0 radical (unpaired) electrons. The summed E-state index contributed by atoms with van der Waals surface area (Å²) in [6, 6.07) is 0.211. The van der Waals surface area contributed by atoms with Gasteiger partial charge in [-0.2, -0.15) is 4.98 Å². The topological polar surface area (TPSA) is 32.3 Å². The molecule has 1 unspecified atom stereocenters. The van der Waals surface area contributed by atoms with Crippen LogP contribution in [-0.2, 0) is 0 Å². The fraction of sp³-hybridized carbons (Fsp3) is 0.636. The van der Waals surface area contributed by atoms with Crippen molar-refractivity contribution in [3.8, 4) is 0 Å². The lowest BCUT2D eigenvalue weighted by atomic mass is 10.2. The Morgan fingerprint density at radius 1 is 1.47 bits per heavy atom. The van der Waals surface area contributed by atoms with Crippen LogP contribution in [0.3, 0.4) is 0 Å². The van der Waals surface area contributed by atoms with E-state index in [4.69, 9.17) is 11.6 Å². The molecule has 1 aromatic rings. The lowest BCUT2D eigenvalue weighted by molar-refractivity contribution is 0.336. The average molecular weight is 259 g/mol. The number of nitrogens with zero attached hydrogens (tertiary/aromatic N) is 4. The first-order valence-corrected chi connectivity index (χ1v) is 6.09. The van der Waals surface area contributed by atoms with Gasteiger partial charge in [-0.05, 0) is 38.5 Å². The molecule has 4 nitrogen and oxygen atoms in total. The fourth-order valence-electron chi connectivity index (χ4n) is 2.23. The quantitative estimate of drug-likeness (QED) is 0.719. The minimum Gasteiger partial charge on any atom is -0.350 e. The summed E-state index contributed by atoms with van der Waals surface area (Å²) in [5, 5.41) is 0.0891. The first-order valence-electron chi connectivity index (χ1n) is 5.71. The van der Waals surface area contributed by atoms with E-state index in [-0.39, 0.29) is 11.3 Å². The predicted octanol–water partition coefficient (Wildman–Crippen LogP) is 1.80. The van der Waals surface area contributed by atoms with Gasteiger partial charge < -0.3 is 9.80 Å². The Morgan fingerprint density at radius 3 is 3.00 bits per heavy atom. The monoisotopic (exact) mass is 258 g/mol. The molecule has 1 aromatic heterocycles. The van der Waals surface area contributed by atoms with Gasteiger partial charge in [0.25, 0.3) is 0 Å². The predicted molar refractivity (Wildman–Crippen MR) is 65.9 cm³/mol. The molecule has 17 heavy (non-hydrogen) atoms. The molecule has 1 aliphatic heterocycles. The van der Waals surface area contributed by atoms with Crippen molar-refractivity contribution in [2.24, 2.45) is 0 Å². The molecule has 1 aliphatic rings. The van der Waals surface area contributed by atoms with E-state index in [1.165, 1.54) is 0 Å². The molecule has 0 N–H and O–H groups in total. The zero-order valence-corrected chi connectivity index (χ0v) is 10.8. The van der Waals surface area contributed by atoms with Gasteiger partial charge in [0, 0.05) is 19.1 Å². The van der Waals surface area contributed by atoms with Crippen LogP contribution in [0.1, 0.15) is 13.3 Å². The SMILES string of the molecule is CC1CN(C)CCCN1c1nc(Cl)ncc1F. The zero-order valence-electron chi connectivity index (χ0n) is 10.0. The number of hydrogen-bond acceptors (Lipinski definition) is 4. The van der Waals surface area contributed by atoms with Crippen molar-refractivity contribution in [2.45, 2.75) is 19.4 Å². The van der Waals surface area contributed by atoms with Crippen LogP contribution in [-0.4, -0.2) is 47.6 Å². The molecule has 0 bridgehead atoms. The van der Waals surface area contributed by atoms with Gasteiger partial charge in [-0.3, -0.25) is 0 Å². The number of anilines is 1. The van der Waals surface area contributed by atoms with Crippen molar-refractivity contribution < 1.29 is 4.39 Å². The van der Waals surface area contributed by atoms with Gasteiger partial charge in [-0.1, -0.05) is 0 Å². The van der Waals surface area contributed by atoms with Crippen molar-refractivity contribution in [3.63, 3.8) is 0 Å². The second-order valence-corrected chi connectivity index (χ2v) is 4.81. The summed E-state index contributed by atoms with van der Waals surface area (Å²) in [5.74, 6) is -0.0985. The van der Waals surface area contributed by atoms with Crippen LogP contribution in [0.2, 0.25) is 5.28 Å². The van der Waals surface area contributed by atoms with E-state index in [0.717, 1.165) is 32.3 Å². The minimum absolute atomic E-state index is 0.0891. The third-order valence-electron chi connectivity index (χ3n) is 3.02. The van der Waals surface area contributed by atoms with Crippen molar-refractivity contribution in [2.75, 3.05) is 31.6 Å². The molecule has 0 saturated carbocycles. The number of rotatable bonds is 1. The first-order chi connectivity index (χ1) is 8.08. The van der Waals surface area contributed by atoms with Gasteiger partial charge in [-0.25, -0.2) is 9.37 Å². The molecular weight excluding hydrogens is 243 g/mol. The Balaban J connectivity index is 2.28. The van der Waals surface area contributed by atoms with E-state index in [1.54, 1.807) is 0 Å². The molecule has 2 heterocycles. The summed E-state index contributed by atoms with van der Waals surface area (Å²) in [6.07, 6.45) is 2.12. The Morgan fingerprint density at radius 2 is 2.24 bits per heavy atom. The van der Waals surface area contributed by atoms with Gasteiger partial charge in [0.2, 0.25) is 5.28 Å². The standard InChI is InChI=1S/C11H16ClFN4/c1-8-7-16(2)4-3-5-17(8)10-9(13)6-14-11(12)15-10/h6,8H,3-5,7H2,1-2H3. The third-order valence-corrected chi connectivity index (χ3v) is 3.20. The summed E-state index contributed by atoms with van der Waals surface area (Å²) in [5.41, 5.74) is 0. The van der Waals surface area contributed by atoms with E-state index in [9.17, 15) is 4.39 Å². The molecule has 6 heteroatoms. The van der Waals surface area contributed by atoms with Gasteiger partial charge in [0.05, 0.1) is 6.20 Å². The number of likely N-dealkylation sites (N-methyl/N-ethyl adjacent to an activating group) is 1. The van der Waals surface area contributed by atoms with Crippen molar-refractivity contribution in [3.05, 3.63) is 17.3 Å². The Kier molecular flexibility index (Phi) is 3.79. The largest absolute Gasteiger partial charge is 0.350 e. The van der Waals surface area contributed by atoms with E-state index < -0.39 is 5.82 Å². The number of halogens is 2. The van der Waals surface area contributed by atoms with Gasteiger partial charge in [0.1, 0.15) is 0 Å². The van der Waals surface area contributed by atoms with Crippen LogP contribution < -0.4 is 4.90 Å². The van der Waals surface area contributed by atoms with Crippen molar-refractivity contribution in [1.29, 1.82) is 0 Å². The lowest BCUT2D eigenvalue weighted by Crippen LogP contribution is -2.39. The maximum atomic E-state index is 13.7. The summed E-state index contributed by atoms with van der Waals surface area (Å²) < 4.78 is 13.7. The van der Waals surface area contributed by atoms with Crippen molar-refractivity contribution in [1.82, 2.24) is 14.9 Å². The van der Waals surface area contributed by atoms with E-state index in [2.05, 4.69) is 28.8 Å². The molecule has 1 fully saturated rings. The van der Waals surface area contributed by atoms with E-state index >= 15 is 0 Å². The number of aromatic nitrogens is 2. The molecule has 0 spiro atoms. The van der Waals surface area contributed by atoms with Gasteiger partial charge in [-0.15, -0.1) is 0 Å². The average Bonchev–Trinajstić information content (AvgIpc) is 2.43. The summed E-state index contributed by atoms with van der Waals surface area (Å²) in [4.78, 5) is 11.8. The molecule has 2 rings (SSSR count). The highest BCUT2D eigenvalue weighted by molar-refractivity contribution is 6.28. The van der Waals surface area contributed by atoms with Gasteiger partial charge >= 0.3 is 0 Å². The smallest absolute Gasteiger partial charge is 0.224 e. The van der Waals surface area contributed by atoms with Crippen LogP contribution in [0.25, 0.3) is 0 Å².